The molecular formula is C49H29N5OS. The van der Waals surface area contributed by atoms with Crippen LogP contribution in [-0.4, -0.2) is 24.9 Å². The summed E-state index contributed by atoms with van der Waals surface area (Å²) >= 11 is 1.74. The second-order valence-corrected chi connectivity index (χ2v) is 14.7. The van der Waals surface area contributed by atoms with E-state index in [2.05, 4.69) is 84.9 Å². The quantitative estimate of drug-likeness (QED) is 0.169. The first-order chi connectivity index (χ1) is 27.7. The van der Waals surface area contributed by atoms with Gasteiger partial charge in [0.25, 0.3) is 0 Å². The van der Waals surface area contributed by atoms with Crippen LogP contribution in [0.25, 0.3) is 110 Å². The van der Waals surface area contributed by atoms with Gasteiger partial charge in [-0.1, -0.05) is 152 Å². The van der Waals surface area contributed by atoms with Gasteiger partial charge in [-0.05, 0) is 35.4 Å². The van der Waals surface area contributed by atoms with Crippen LogP contribution < -0.4 is 0 Å². The van der Waals surface area contributed by atoms with E-state index in [4.69, 9.17) is 29.3 Å². The van der Waals surface area contributed by atoms with Crippen molar-refractivity contribution in [1.29, 1.82) is 0 Å². The third-order valence-corrected chi connectivity index (χ3v) is 11.3. The van der Waals surface area contributed by atoms with Crippen molar-refractivity contribution < 1.29 is 4.42 Å². The minimum atomic E-state index is 0.552. The second-order valence-electron chi connectivity index (χ2n) is 13.6. The van der Waals surface area contributed by atoms with Crippen LogP contribution in [0.2, 0.25) is 0 Å². The van der Waals surface area contributed by atoms with Gasteiger partial charge in [0.15, 0.2) is 23.3 Å². The van der Waals surface area contributed by atoms with E-state index in [1.807, 2.05) is 91.0 Å². The summed E-state index contributed by atoms with van der Waals surface area (Å²) in [5.74, 6) is 2.47. The van der Waals surface area contributed by atoms with Crippen LogP contribution in [0.5, 0.6) is 0 Å². The fourth-order valence-corrected chi connectivity index (χ4v) is 8.68. The zero-order valence-electron chi connectivity index (χ0n) is 29.8. The molecule has 0 radical (unpaired) electrons. The van der Waals surface area contributed by atoms with Gasteiger partial charge in [-0.2, -0.15) is 0 Å². The Hall–Kier alpha value is -7.35. The van der Waals surface area contributed by atoms with Crippen LogP contribution in [0.15, 0.2) is 180 Å². The Morgan fingerprint density at radius 2 is 0.929 bits per heavy atom. The standard InChI is InChI=1S/C49H29N5OS/c1-4-15-30(16-5-1)46-50-42(45-43(51-46)36-23-10-11-28-40(36)56-45)34-22-12-21-33(29-34)35-24-14-27-39-41(35)37-25-13-26-38(44(37)55-39)49-53-47(31-17-6-2-7-18-31)52-48(54-49)32-19-8-3-9-20-32/h1-29H. The molecule has 11 rings (SSSR count). The van der Waals surface area contributed by atoms with Crippen molar-refractivity contribution in [3.8, 4) is 67.9 Å². The molecule has 262 valence electrons. The number of rotatable bonds is 6. The molecule has 4 heterocycles. The second kappa shape index (κ2) is 13.2. The molecule has 0 bridgehead atoms. The number of furan rings is 1. The largest absolute Gasteiger partial charge is 0.455 e. The van der Waals surface area contributed by atoms with Crippen LogP contribution >= 0.6 is 11.3 Å². The SMILES string of the molecule is c1ccc(-c2nc(-c3ccccc3)nc(-c3cccc4c3oc3cccc(-c5cccc(-c6nc(-c7ccccc7)nc7c6sc6ccccc67)c5)c34)n2)cc1. The predicted octanol–water partition coefficient (Wildman–Crippen LogP) is 12.9. The van der Waals surface area contributed by atoms with Crippen molar-refractivity contribution in [2.75, 3.05) is 0 Å². The lowest BCUT2D eigenvalue weighted by atomic mass is 9.96. The number of benzene rings is 7. The number of hydrogen-bond donors (Lipinski definition) is 0. The van der Waals surface area contributed by atoms with Crippen molar-refractivity contribution in [3.63, 3.8) is 0 Å². The van der Waals surface area contributed by atoms with Crippen molar-refractivity contribution in [1.82, 2.24) is 24.9 Å². The van der Waals surface area contributed by atoms with Crippen LogP contribution in [0.4, 0.5) is 0 Å². The average Bonchev–Trinajstić information content (AvgIpc) is 3.86. The monoisotopic (exact) mass is 735 g/mol. The van der Waals surface area contributed by atoms with Crippen LogP contribution in [0, 0.1) is 0 Å². The van der Waals surface area contributed by atoms with Crippen LogP contribution in [-0.2, 0) is 0 Å². The number of thiophene rings is 1. The normalized spacial score (nSPS) is 11.6. The minimum Gasteiger partial charge on any atom is -0.455 e. The first-order valence-corrected chi connectivity index (χ1v) is 19.2. The highest BCUT2D eigenvalue weighted by atomic mass is 32.1. The molecule has 0 amide bonds. The Bertz CT molecular complexity index is 3190. The number of hydrogen-bond acceptors (Lipinski definition) is 7. The molecule has 0 N–H and O–H groups in total. The van der Waals surface area contributed by atoms with E-state index in [9.17, 15) is 0 Å². The summed E-state index contributed by atoms with van der Waals surface area (Å²) in [5, 5.41) is 3.16. The number of fused-ring (bicyclic) bond motifs is 6. The van der Waals surface area contributed by atoms with E-state index >= 15 is 0 Å². The van der Waals surface area contributed by atoms with Crippen molar-refractivity contribution in [3.05, 3.63) is 176 Å². The molecule has 4 aromatic heterocycles. The lowest BCUT2D eigenvalue weighted by molar-refractivity contribution is 0.669. The van der Waals surface area contributed by atoms with Gasteiger partial charge in [-0.15, -0.1) is 11.3 Å². The summed E-state index contributed by atoms with van der Waals surface area (Å²) in [4.78, 5) is 25.3. The Kier molecular flexibility index (Phi) is 7.57. The third kappa shape index (κ3) is 5.44. The fourth-order valence-electron chi connectivity index (χ4n) is 7.53. The Morgan fingerprint density at radius 1 is 0.393 bits per heavy atom. The summed E-state index contributed by atoms with van der Waals surface area (Å²) in [5.41, 5.74) is 10.2. The highest BCUT2D eigenvalue weighted by Crippen LogP contribution is 2.43. The molecule has 0 aliphatic heterocycles. The number of nitrogens with zero attached hydrogens (tertiary/aromatic N) is 5. The summed E-state index contributed by atoms with van der Waals surface area (Å²) in [6.07, 6.45) is 0. The van der Waals surface area contributed by atoms with Crippen molar-refractivity contribution in [2.45, 2.75) is 0 Å². The average molecular weight is 736 g/mol. The number of para-hydroxylation sites is 1. The van der Waals surface area contributed by atoms with E-state index in [1.165, 1.54) is 4.70 Å². The number of aromatic nitrogens is 5. The first-order valence-electron chi connectivity index (χ1n) is 18.4. The van der Waals surface area contributed by atoms with Gasteiger partial charge in [-0.25, -0.2) is 24.9 Å². The topological polar surface area (TPSA) is 77.6 Å². The first kappa shape index (κ1) is 32.1. The van der Waals surface area contributed by atoms with Gasteiger partial charge >= 0.3 is 0 Å². The molecule has 7 aromatic carbocycles. The van der Waals surface area contributed by atoms with E-state index in [0.29, 0.717) is 23.3 Å². The summed E-state index contributed by atoms with van der Waals surface area (Å²) in [6, 6.07) is 59.8. The van der Waals surface area contributed by atoms with Crippen LogP contribution in [0.1, 0.15) is 0 Å². The lowest BCUT2D eigenvalue weighted by Gasteiger charge is -2.10. The van der Waals surface area contributed by atoms with E-state index in [1.54, 1.807) is 11.3 Å². The maximum Gasteiger partial charge on any atom is 0.167 e. The van der Waals surface area contributed by atoms with Gasteiger partial charge in [0, 0.05) is 43.1 Å². The highest BCUT2D eigenvalue weighted by molar-refractivity contribution is 7.26. The minimum absolute atomic E-state index is 0.552. The predicted molar refractivity (Wildman–Crippen MR) is 228 cm³/mol. The van der Waals surface area contributed by atoms with Crippen LogP contribution in [0.3, 0.4) is 0 Å². The van der Waals surface area contributed by atoms with E-state index in [-0.39, 0.29) is 0 Å². The highest BCUT2D eigenvalue weighted by Gasteiger charge is 2.21. The molecule has 0 spiro atoms. The molecule has 0 atom stereocenters. The zero-order valence-corrected chi connectivity index (χ0v) is 30.6. The molecule has 0 saturated heterocycles. The summed E-state index contributed by atoms with van der Waals surface area (Å²) < 4.78 is 9.00. The zero-order chi connectivity index (χ0) is 37.0. The van der Waals surface area contributed by atoms with Gasteiger partial charge in [-0.3, -0.25) is 0 Å². The molecule has 56 heavy (non-hydrogen) atoms. The van der Waals surface area contributed by atoms with Gasteiger partial charge in [0.2, 0.25) is 0 Å². The van der Waals surface area contributed by atoms with Gasteiger partial charge in [0.05, 0.1) is 21.5 Å². The summed E-state index contributed by atoms with van der Waals surface area (Å²) in [6.45, 7) is 0. The Balaban J connectivity index is 1.09. The van der Waals surface area contributed by atoms with Gasteiger partial charge in [0.1, 0.15) is 11.2 Å². The van der Waals surface area contributed by atoms with Gasteiger partial charge < -0.3 is 4.42 Å². The maximum atomic E-state index is 6.74. The summed E-state index contributed by atoms with van der Waals surface area (Å²) in [7, 11) is 0. The molecule has 0 aliphatic rings. The smallest absolute Gasteiger partial charge is 0.167 e. The van der Waals surface area contributed by atoms with Crippen molar-refractivity contribution in [2.24, 2.45) is 0 Å². The van der Waals surface area contributed by atoms with E-state index in [0.717, 1.165) is 82.2 Å². The Labute approximate surface area is 325 Å². The molecule has 6 nitrogen and oxygen atoms in total. The Morgan fingerprint density at radius 3 is 1.64 bits per heavy atom. The molecule has 0 aliphatic carbocycles. The maximum absolute atomic E-state index is 6.74. The lowest BCUT2D eigenvalue weighted by Crippen LogP contribution is -2.00. The molecule has 0 fully saturated rings. The fraction of sp³-hybridized carbons (Fsp3) is 0. The van der Waals surface area contributed by atoms with Crippen molar-refractivity contribution >= 4 is 53.6 Å². The molecular weight excluding hydrogens is 707 g/mol. The third-order valence-electron chi connectivity index (χ3n) is 10.2. The molecule has 7 heteroatoms. The molecule has 0 saturated carbocycles. The molecule has 0 unspecified atom stereocenters. The van der Waals surface area contributed by atoms with E-state index < -0.39 is 0 Å². The molecule has 11 aromatic rings.